The Morgan fingerprint density at radius 1 is 1.38 bits per heavy atom. The zero-order valence-corrected chi connectivity index (χ0v) is 13.5. The van der Waals surface area contributed by atoms with E-state index in [1.807, 2.05) is 29.2 Å². The summed E-state index contributed by atoms with van der Waals surface area (Å²) in [6, 6.07) is 8.25. The lowest BCUT2D eigenvalue weighted by Crippen LogP contribution is -2.37. The van der Waals surface area contributed by atoms with E-state index in [2.05, 4.69) is 24.5 Å². The molecule has 0 aliphatic carbocycles. The molecule has 5 heteroatoms. The van der Waals surface area contributed by atoms with Crippen LogP contribution in [0.4, 0.5) is 11.4 Å². The molecule has 1 saturated heterocycles. The minimum atomic E-state index is 0.199. The summed E-state index contributed by atoms with van der Waals surface area (Å²) in [6.07, 6.45) is 3.67. The van der Waals surface area contributed by atoms with Crippen LogP contribution in [0.25, 0.3) is 0 Å². The van der Waals surface area contributed by atoms with E-state index in [0.29, 0.717) is 17.6 Å². The standard InChI is InChI=1S/C16H23N3OS/c1-3-12(4-2)17-16(21)18-13-7-5-8-14(11-13)19-10-6-9-15(19)20/h5,7-8,11-12H,3-4,6,9-10H2,1-2H3,(H2,17,18,21). The Kier molecular flexibility index (Phi) is 5.56. The predicted molar refractivity (Wildman–Crippen MR) is 91.8 cm³/mol. The molecule has 0 saturated carbocycles. The summed E-state index contributed by atoms with van der Waals surface area (Å²) >= 11 is 5.34. The number of hydrogen-bond acceptors (Lipinski definition) is 2. The van der Waals surface area contributed by atoms with Gasteiger partial charge in [0, 0.05) is 30.4 Å². The van der Waals surface area contributed by atoms with Crippen molar-refractivity contribution < 1.29 is 4.79 Å². The van der Waals surface area contributed by atoms with Gasteiger partial charge in [0.1, 0.15) is 0 Å². The molecule has 1 heterocycles. The Morgan fingerprint density at radius 3 is 2.76 bits per heavy atom. The zero-order chi connectivity index (χ0) is 15.2. The van der Waals surface area contributed by atoms with Crippen molar-refractivity contribution in [3.8, 4) is 0 Å². The van der Waals surface area contributed by atoms with Crippen molar-refractivity contribution >= 4 is 34.6 Å². The van der Waals surface area contributed by atoms with Gasteiger partial charge in [0.25, 0.3) is 0 Å². The van der Waals surface area contributed by atoms with Gasteiger partial charge in [-0.1, -0.05) is 19.9 Å². The molecule has 0 aromatic heterocycles. The van der Waals surface area contributed by atoms with Gasteiger partial charge in [-0.15, -0.1) is 0 Å². The quantitative estimate of drug-likeness (QED) is 0.819. The van der Waals surface area contributed by atoms with Gasteiger partial charge < -0.3 is 15.5 Å². The molecule has 1 aromatic carbocycles. The Hall–Kier alpha value is -1.62. The summed E-state index contributed by atoms with van der Waals surface area (Å²) in [6.45, 7) is 5.09. The minimum Gasteiger partial charge on any atom is -0.360 e. The van der Waals surface area contributed by atoms with Crippen LogP contribution in [-0.4, -0.2) is 23.6 Å². The maximum absolute atomic E-state index is 11.8. The number of anilines is 2. The Morgan fingerprint density at radius 2 is 2.14 bits per heavy atom. The number of hydrogen-bond donors (Lipinski definition) is 2. The monoisotopic (exact) mass is 305 g/mol. The normalized spacial score (nSPS) is 14.6. The van der Waals surface area contributed by atoms with E-state index >= 15 is 0 Å². The Bertz CT molecular complexity index is 514. The van der Waals surface area contributed by atoms with E-state index in [1.165, 1.54) is 0 Å². The maximum atomic E-state index is 11.8. The van der Waals surface area contributed by atoms with Crippen molar-refractivity contribution in [1.82, 2.24) is 5.32 Å². The fourth-order valence-corrected chi connectivity index (χ4v) is 2.80. The largest absolute Gasteiger partial charge is 0.360 e. The van der Waals surface area contributed by atoms with Crippen LogP contribution in [0.5, 0.6) is 0 Å². The van der Waals surface area contributed by atoms with Crippen LogP contribution >= 0.6 is 12.2 Å². The van der Waals surface area contributed by atoms with Gasteiger partial charge >= 0.3 is 0 Å². The number of carbonyl (C=O) groups is 1. The van der Waals surface area contributed by atoms with E-state index < -0.39 is 0 Å². The molecule has 114 valence electrons. The Labute approximate surface area is 131 Å². The smallest absolute Gasteiger partial charge is 0.227 e. The van der Waals surface area contributed by atoms with Gasteiger partial charge in [0.05, 0.1) is 0 Å². The van der Waals surface area contributed by atoms with Gasteiger partial charge in [0.15, 0.2) is 5.11 Å². The molecular formula is C16H23N3OS. The Balaban J connectivity index is 2.01. The van der Waals surface area contributed by atoms with Gasteiger partial charge in [-0.2, -0.15) is 0 Å². The van der Waals surface area contributed by atoms with Crippen molar-refractivity contribution in [2.45, 2.75) is 45.6 Å². The molecule has 0 atom stereocenters. The topological polar surface area (TPSA) is 44.4 Å². The van der Waals surface area contributed by atoms with E-state index in [9.17, 15) is 4.79 Å². The molecule has 1 fully saturated rings. The van der Waals surface area contributed by atoms with E-state index in [4.69, 9.17) is 12.2 Å². The molecule has 1 aliphatic heterocycles. The number of nitrogens with zero attached hydrogens (tertiary/aromatic N) is 1. The SMILES string of the molecule is CCC(CC)NC(=S)Nc1cccc(N2CCCC2=O)c1. The van der Waals surface area contributed by atoms with Gasteiger partial charge in [-0.05, 0) is 49.7 Å². The lowest BCUT2D eigenvalue weighted by Gasteiger charge is -2.19. The van der Waals surface area contributed by atoms with Crippen LogP contribution in [-0.2, 0) is 4.79 Å². The maximum Gasteiger partial charge on any atom is 0.227 e. The lowest BCUT2D eigenvalue weighted by atomic mass is 10.2. The first-order valence-electron chi connectivity index (χ1n) is 7.62. The highest BCUT2D eigenvalue weighted by molar-refractivity contribution is 7.80. The average molecular weight is 305 g/mol. The van der Waals surface area contributed by atoms with Crippen molar-refractivity contribution in [2.75, 3.05) is 16.8 Å². The molecule has 2 N–H and O–H groups in total. The highest BCUT2D eigenvalue weighted by atomic mass is 32.1. The van der Waals surface area contributed by atoms with Crippen LogP contribution in [0.3, 0.4) is 0 Å². The average Bonchev–Trinajstić information content (AvgIpc) is 2.91. The number of rotatable bonds is 5. The summed E-state index contributed by atoms with van der Waals surface area (Å²) in [5.74, 6) is 0.199. The summed E-state index contributed by atoms with van der Waals surface area (Å²) in [4.78, 5) is 13.6. The van der Waals surface area contributed by atoms with Gasteiger partial charge in [-0.25, -0.2) is 0 Å². The molecule has 4 nitrogen and oxygen atoms in total. The zero-order valence-electron chi connectivity index (χ0n) is 12.7. The van der Waals surface area contributed by atoms with Gasteiger partial charge in [0.2, 0.25) is 5.91 Å². The molecule has 0 bridgehead atoms. The molecule has 0 unspecified atom stereocenters. The minimum absolute atomic E-state index is 0.199. The molecular weight excluding hydrogens is 282 g/mol. The number of thiocarbonyl (C=S) groups is 1. The highest BCUT2D eigenvalue weighted by Gasteiger charge is 2.21. The van der Waals surface area contributed by atoms with Crippen LogP contribution in [0.2, 0.25) is 0 Å². The van der Waals surface area contributed by atoms with Crippen molar-refractivity contribution in [3.63, 3.8) is 0 Å². The van der Waals surface area contributed by atoms with E-state index in [1.54, 1.807) is 0 Å². The van der Waals surface area contributed by atoms with E-state index in [0.717, 1.165) is 37.2 Å². The molecule has 0 spiro atoms. The first-order chi connectivity index (χ1) is 10.1. The first-order valence-corrected chi connectivity index (χ1v) is 8.02. The van der Waals surface area contributed by atoms with Crippen LogP contribution < -0.4 is 15.5 Å². The second kappa shape index (κ2) is 7.41. The first kappa shape index (κ1) is 15.8. The number of benzene rings is 1. The molecule has 1 aliphatic rings. The third-order valence-electron chi connectivity index (χ3n) is 3.81. The lowest BCUT2D eigenvalue weighted by molar-refractivity contribution is -0.117. The second-order valence-corrected chi connectivity index (χ2v) is 5.72. The van der Waals surface area contributed by atoms with Crippen molar-refractivity contribution in [1.29, 1.82) is 0 Å². The summed E-state index contributed by atoms with van der Waals surface area (Å²) in [5.41, 5.74) is 1.85. The fraction of sp³-hybridized carbons (Fsp3) is 0.500. The van der Waals surface area contributed by atoms with Crippen LogP contribution in [0.1, 0.15) is 39.5 Å². The van der Waals surface area contributed by atoms with Gasteiger partial charge in [-0.3, -0.25) is 4.79 Å². The third kappa shape index (κ3) is 4.17. The van der Waals surface area contributed by atoms with Crippen molar-refractivity contribution in [3.05, 3.63) is 24.3 Å². The summed E-state index contributed by atoms with van der Waals surface area (Å²) in [5, 5.41) is 7.14. The van der Waals surface area contributed by atoms with Crippen LogP contribution in [0.15, 0.2) is 24.3 Å². The van der Waals surface area contributed by atoms with Crippen LogP contribution in [0, 0.1) is 0 Å². The number of carbonyl (C=O) groups excluding carboxylic acids is 1. The molecule has 1 amide bonds. The molecule has 0 radical (unpaired) electrons. The fourth-order valence-electron chi connectivity index (χ4n) is 2.52. The highest BCUT2D eigenvalue weighted by Crippen LogP contribution is 2.24. The third-order valence-corrected chi connectivity index (χ3v) is 4.03. The molecule has 21 heavy (non-hydrogen) atoms. The van der Waals surface area contributed by atoms with E-state index in [-0.39, 0.29) is 5.91 Å². The predicted octanol–water partition coefficient (Wildman–Crippen LogP) is 3.29. The second-order valence-electron chi connectivity index (χ2n) is 5.31. The number of amides is 1. The number of nitrogens with one attached hydrogen (secondary N) is 2. The molecule has 2 rings (SSSR count). The van der Waals surface area contributed by atoms with Crippen molar-refractivity contribution in [2.24, 2.45) is 0 Å². The molecule has 1 aromatic rings. The summed E-state index contributed by atoms with van der Waals surface area (Å²) in [7, 11) is 0. The summed E-state index contributed by atoms with van der Waals surface area (Å²) < 4.78 is 0.